The Hall–Kier alpha value is -2.04. The molecule has 2 heterocycles. The fourth-order valence-corrected chi connectivity index (χ4v) is 2.64. The SMILES string of the molecule is O=C(Cc1nc(Cc2ccccn2)no1)C1CCCC1. The van der Waals surface area contributed by atoms with Crippen LogP contribution in [-0.2, 0) is 17.6 Å². The van der Waals surface area contributed by atoms with E-state index < -0.39 is 0 Å². The van der Waals surface area contributed by atoms with Crippen LogP contribution in [-0.4, -0.2) is 20.9 Å². The van der Waals surface area contributed by atoms with Gasteiger partial charge in [0.2, 0.25) is 5.89 Å². The zero-order chi connectivity index (χ0) is 13.8. The molecular formula is C15H17N3O2. The van der Waals surface area contributed by atoms with Crippen LogP contribution in [0.4, 0.5) is 0 Å². The van der Waals surface area contributed by atoms with Crippen LogP contribution >= 0.6 is 0 Å². The Morgan fingerprint density at radius 1 is 1.30 bits per heavy atom. The van der Waals surface area contributed by atoms with E-state index in [0.29, 0.717) is 18.1 Å². The first-order valence-corrected chi connectivity index (χ1v) is 7.05. The topological polar surface area (TPSA) is 68.9 Å². The van der Waals surface area contributed by atoms with E-state index in [4.69, 9.17) is 4.52 Å². The van der Waals surface area contributed by atoms with Crippen molar-refractivity contribution in [3.63, 3.8) is 0 Å². The van der Waals surface area contributed by atoms with Gasteiger partial charge in [0, 0.05) is 17.8 Å². The normalized spacial score (nSPS) is 15.6. The predicted molar refractivity (Wildman–Crippen MR) is 72.0 cm³/mol. The zero-order valence-electron chi connectivity index (χ0n) is 11.3. The van der Waals surface area contributed by atoms with Crippen molar-refractivity contribution in [2.45, 2.75) is 38.5 Å². The largest absolute Gasteiger partial charge is 0.339 e. The molecular weight excluding hydrogens is 254 g/mol. The zero-order valence-corrected chi connectivity index (χ0v) is 11.3. The third kappa shape index (κ3) is 3.10. The number of Topliss-reactive ketones (excluding diaryl/α,β-unsaturated/α-hetero) is 1. The maximum atomic E-state index is 12.0. The minimum Gasteiger partial charge on any atom is -0.339 e. The van der Waals surface area contributed by atoms with Crippen molar-refractivity contribution in [1.29, 1.82) is 0 Å². The molecule has 1 fully saturated rings. The van der Waals surface area contributed by atoms with Gasteiger partial charge in [-0.1, -0.05) is 24.1 Å². The molecule has 0 amide bonds. The second-order valence-electron chi connectivity index (χ2n) is 5.23. The highest BCUT2D eigenvalue weighted by molar-refractivity contribution is 5.82. The van der Waals surface area contributed by atoms with Crippen LogP contribution in [0.25, 0.3) is 0 Å². The number of hydrogen-bond acceptors (Lipinski definition) is 5. The summed E-state index contributed by atoms with van der Waals surface area (Å²) in [4.78, 5) is 20.5. The number of pyridine rings is 1. The summed E-state index contributed by atoms with van der Waals surface area (Å²) in [7, 11) is 0. The van der Waals surface area contributed by atoms with Gasteiger partial charge < -0.3 is 4.52 Å². The lowest BCUT2D eigenvalue weighted by atomic mass is 10.0. The van der Waals surface area contributed by atoms with Crippen LogP contribution in [0.1, 0.15) is 43.1 Å². The summed E-state index contributed by atoms with van der Waals surface area (Å²) in [6.07, 6.45) is 6.86. The van der Waals surface area contributed by atoms with Gasteiger partial charge in [-0.25, -0.2) is 0 Å². The quantitative estimate of drug-likeness (QED) is 0.835. The van der Waals surface area contributed by atoms with Crippen LogP contribution in [0.5, 0.6) is 0 Å². The van der Waals surface area contributed by atoms with Gasteiger partial charge in [0.05, 0.1) is 12.8 Å². The molecule has 0 spiro atoms. The molecule has 5 nitrogen and oxygen atoms in total. The number of nitrogens with zero attached hydrogens (tertiary/aromatic N) is 3. The number of ketones is 1. The first kappa shape index (κ1) is 13.0. The van der Waals surface area contributed by atoms with E-state index in [1.807, 2.05) is 18.2 Å². The highest BCUT2D eigenvalue weighted by Gasteiger charge is 2.24. The van der Waals surface area contributed by atoms with Gasteiger partial charge in [-0.2, -0.15) is 4.98 Å². The third-order valence-corrected chi connectivity index (χ3v) is 3.71. The first-order valence-electron chi connectivity index (χ1n) is 7.05. The molecule has 2 aromatic rings. The minimum atomic E-state index is 0.196. The fourth-order valence-electron chi connectivity index (χ4n) is 2.64. The molecule has 1 aliphatic rings. The second kappa shape index (κ2) is 5.94. The van der Waals surface area contributed by atoms with Crippen molar-refractivity contribution in [3.05, 3.63) is 41.8 Å². The van der Waals surface area contributed by atoms with Gasteiger partial charge in [0.25, 0.3) is 0 Å². The average molecular weight is 271 g/mol. The van der Waals surface area contributed by atoms with E-state index in [2.05, 4.69) is 15.1 Å². The van der Waals surface area contributed by atoms with E-state index in [1.165, 1.54) is 0 Å². The lowest BCUT2D eigenvalue weighted by molar-refractivity contribution is -0.122. The number of aromatic nitrogens is 3. The Morgan fingerprint density at radius 3 is 2.90 bits per heavy atom. The van der Waals surface area contributed by atoms with Crippen molar-refractivity contribution in [1.82, 2.24) is 15.1 Å². The van der Waals surface area contributed by atoms with Crippen molar-refractivity contribution >= 4 is 5.78 Å². The molecule has 0 atom stereocenters. The van der Waals surface area contributed by atoms with Gasteiger partial charge in [-0.05, 0) is 25.0 Å². The third-order valence-electron chi connectivity index (χ3n) is 3.71. The highest BCUT2D eigenvalue weighted by atomic mass is 16.5. The minimum absolute atomic E-state index is 0.196. The highest BCUT2D eigenvalue weighted by Crippen LogP contribution is 2.26. The number of carbonyl (C=O) groups is 1. The molecule has 20 heavy (non-hydrogen) atoms. The van der Waals surface area contributed by atoms with Crippen LogP contribution in [0, 0.1) is 5.92 Å². The maximum Gasteiger partial charge on any atom is 0.234 e. The Labute approximate surface area is 117 Å². The lowest BCUT2D eigenvalue weighted by Gasteiger charge is -2.04. The average Bonchev–Trinajstić information content (AvgIpc) is 3.11. The molecule has 104 valence electrons. The van der Waals surface area contributed by atoms with Crippen LogP contribution in [0.3, 0.4) is 0 Å². The summed E-state index contributed by atoms with van der Waals surface area (Å²) >= 11 is 0. The van der Waals surface area contributed by atoms with Gasteiger partial charge in [0.15, 0.2) is 5.82 Å². The fraction of sp³-hybridized carbons (Fsp3) is 0.467. The van der Waals surface area contributed by atoms with Gasteiger partial charge in [-0.3, -0.25) is 9.78 Å². The molecule has 1 aliphatic carbocycles. The monoisotopic (exact) mass is 271 g/mol. The van der Waals surface area contributed by atoms with E-state index in [0.717, 1.165) is 31.4 Å². The summed E-state index contributed by atoms with van der Waals surface area (Å²) in [5.74, 6) is 1.43. The van der Waals surface area contributed by atoms with Crippen molar-refractivity contribution < 1.29 is 9.32 Å². The molecule has 0 radical (unpaired) electrons. The summed E-state index contributed by atoms with van der Waals surface area (Å²) < 4.78 is 5.16. The Balaban J connectivity index is 1.60. The Bertz CT molecular complexity index is 574. The van der Waals surface area contributed by atoms with Crippen LogP contribution < -0.4 is 0 Å². The van der Waals surface area contributed by atoms with Crippen molar-refractivity contribution in [2.75, 3.05) is 0 Å². The molecule has 0 aromatic carbocycles. The first-order chi connectivity index (χ1) is 9.81. The number of carbonyl (C=O) groups excluding carboxylic acids is 1. The molecule has 5 heteroatoms. The lowest BCUT2D eigenvalue weighted by Crippen LogP contribution is -2.13. The summed E-state index contributed by atoms with van der Waals surface area (Å²) in [6.45, 7) is 0. The summed E-state index contributed by atoms with van der Waals surface area (Å²) in [6, 6.07) is 5.71. The molecule has 3 rings (SSSR count). The Morgan fingerprint density at radius 2 is 2.15 bits per heavy atom. The summed E-state index contributed by atoms with van der Waals surface area (Å²) in [5, 5.41) is 3.91. The summed E-state index contributed by atoms with van der Waals surface area (Å²) in [5.41, 5.74) is 0.891. The van der Waals surface area contributed by atoms with E-state index >= 15 is 0 Å². The van der Waals surface area contributed by atoms with Gasteiger partial charge in [0.1, 0.15) is 5.78 Å². The van der Waals surface area contributed by atoms with E-state index in [-0.39, 0.29) is 18.1 Å². The maximum absolute atomic E-state index is 12.0. The van der Waals surface area contributed by atoms with Gasteiger partial charge >= 0.3 is 0 Å². The molecule has 0 saturated heterocycles. The number of hydrogen-bond donors (Lipinski definition) is 0. The standard InChI is InChI=1S/C15H17N3O2/c19-13(11-5-1-2-6-11)10-15-17-14(18-20-15)9-12-7-3-4-8-16-12/h3-4,7-8,11H,1-2,5-6,9-10H2. The van der Waals surface area contributed by atoms with Crippen molar-refractivity contribution in [2.24, 2.45) is 5.92 Å². The Kier molecular flexibility index (Phi) is 3.85. The van der Waals surface area contributed by atoms with Crippen LogP contribution in [0.15, 0.2) is 28.9 Å². The van der Waals surface area contributed by atoms with E-state index in [1.54, 1.807) is 6.20 Å². The second-order valence-corrected chi connectivity index (χ2v) is 5.23. The van der Waals surface area contributed by atoms with Crippen LogP contribution in [0.2, 0.25) is 0 Å². The number of rotatable bonds is 5. The van der Waals surface area contributed by atoms with Gasteiger partial charge in [-0.15, -0.1) is 0 Å². The smallest absolute Gasteiger partial charge is 0.234 e. The molecule has 0 N–H and O–H groups in total. The van der Waals surface area contributed by atoms with E-state index in [9.17, 15) is 4.79 Å². The molecule has 0 bridgehead atoms. The molecule has 1 saturated carbocycles. The molecule has 2 aromatic heterocycles. The van der Waals surface area contributed by atoms with Crippen molar-refractivity contribution in [3.8, 4) is 0 Å². The molecule has 0 unspecified atom stereocenters. The molecule has 0 aliphatic heterocycles. The predicted octanol–water partition coefficient (Wildman–Crippen LogP) is 2.36.